The first-order chi connectivity index (χ1) is 7.63. The van der Waals surface area contributed by atoms with Gasteiger partial charge in [0, 0.05) is 19.6 Å². The summed E-state index contributed by atoms with van der Waals surface area (Å²) in [6.07, 6.45) is 1.36. The van der Waals surface area contributed by atoms with Crippen molar-refractivity contribution in [2.75, 3.05) is 13.1 Å². The Morgan fingerprint density at radius 3 is 2.62 bits per heavy atom. The van der Waals surface area contributed by atoms with Crippen LogP contribution in [0.1, 0.15) is 26.0 Å². The van der Waals surface area contributed by atoms with Crippen molar-refractivity contribution < 1.29 is 0 Å². The summed E-state index contributed by atoms with van der Waals surface area (Å²) >= 11 is 3.42. The minimum Gasteiger partial charge on any atom is -0.297 e. The number of nitrogens with zero attached hydrogens (tertiary/aromatic N) is 2. The summed E-state index contributed by atoms with van der Waals surface area (Å²) in [6, 6.07) is 6.14. The third-order valence-electron chi connectivity index (χ3n) is 3.10. The Kier molecular flexibility index (Phi) is 3.98. The number of hydrogen-bond donors (Lipinski definition) is 0. The summed E-state index contributed by atoms with van der Waals surface area (Å²) < 4.78 is 0.933. The van der Waals surface area contributed by atoms with Gasteiger partial charge in [-0.1, -0.05) is 19.9 Å². The number of pyridine rings is 1. The Balaban J connectivity index is 1.98. The van der Waals surface area contributed by atoms with Crippen LogP contribution in [0.25, 0.3) is 0 Å². The van der Waals surface area contributed by atoms with E-state index >= 15 is 0 Å². The predicted octanol–water partition coefficient (Wildman–Crippen LogP) is 3.32. The van der Waals surface area contributed by atoms with Crippen molar-refractivity contribution in [2.45, 2.75) is 26.8 Å². The normalized spacial score (nSPS) is 26.9. The Hall–Kier alpha value is -0.410. The van der Waals surface area contributed by atoms with Gasteiger partial charge in [0.15, 0.2) is 0 Å². The van der Waals surface area contributed by atoms with E-state index in [9.17, 15) is 0 Å². The van der Waals surface area contributed by atoms with Crippen LogP contribution >= 0.6 is 15.9 Å². The van der Waals surface area contributed by atoms with Gasteiger partial charge in [-0.2, -0.15) is 0 Å². The van der Waals surface area contributed by atoms with Gasteiger partial charge in [0.2, 0.25) is 0 Å². The highest BCUT2D eigenvalue weighted by Gasteiger charge is 2.21. The van der Waals surface area contributed by atoms with Crippen LogP contribution in [-0.4, -0.2) is 23.0 Å². The van der Waals surface area contributed by atoms with Gasteiger partial charge in [0.25, 0.3) is 0 Å². The Bertz CT molecular complexity index is 344. The van der Waals surface area contributed by atoms with Crippen LogP contribution in [-0.2, 0) is 6.54 Å². The molecule has 1 saturated heterocycles. The van der Waals surface area contributed by atoms with Crippen molar-refractivity contribution >= 4 is 15.9 Å². The molecule has 2 unspecified atom stereocenters. The number of likely N-dealkylation sites (tertiary alicyclic amines) is 1. The van der Waals surface area contributed by atoms with Crippen molar-refractivity contribution in [3.63, 3.8) is 0 Å². The molecule has 0 N–H and O–H groups in total. The maximum absolute atomic E-state index is 4.49. The number of hydrogen-bond acceptors (Lipinski definition) is 2. The topological polar surface area (TPSA) is 16.1 Å². The maximum atomic E-state index is 4.49. The molecule has 0 saturated carbocycles. The van der Waals surface area contributed by atoms with Crippen LogP contribution in [0.2, 0.25) is 0 Å². The van der Waals surface area contributed by atoms with Crippen molar-refractivity contribution in [3.8, 4) is 0 Å². The Morgan fingerprint density at radius 2 is 2.00 bits per heavy atom. The third-order valence-corrected chi connectivity index (χ3v) is 3.54. The average Bonchev–Trinajstić information content (AvgIpc) is 2.15. The van der Waals surface area contributed by atoms with Gasteiger partial charge in [-0.15, -0.1) is 0 Å². The standard InChI is InChI=1S/C13H19BrN2/c1-10-6-11(2)8-16(7-10)9-12-4-3-5-13(14)15-12/h3-5,10-11H,6-9H2,1-2H3. The average molecular weight is 283 g/mol. The predicted molar refractivity (Wildman–Crippen MR) is 70.2 cm³/mol. The summed E-state index contributed by atoms with van der Waals surface area (Å²) in [5, 5.41) is 0. The zero-order valence-corrected chi connectivity index (χ0v) is 11.6. The monoisotopic (exact) mass is 282 g/mol. The van der Waals surface area contributed by atoms with E-state index in [-0.39, 0.29) is 0 Å². The van der Waals surface area contributed by atoms with E-state index in [2.05, 4.69) is 51.8 Å². The van der Waals surface area contributed by atoms with Gasteiger partial charge >= 0.3 is 0 Å². The molecule has 0 amide bonds. The molecule has 0 spiro atoms. The fourth-order valence-electron chi connectivity index (χ4n) is 2.69. The highest BCUT2D eigenvalue weighted by atomic mass is 79.9. The molecule has 16 heavy (non-hydrogen) atoms. The minimum absolute atomic E-state index is 0.816. The molecule has 2 rings (SSSR count). The first kappa shape index (κ1) is 12.1. The molecular weight excluding hydrogens is 264 g/mol. The molecule has 0 bridgehead atoms. The molecule has 2 nitrogen and oxygen atoms in total. The molecule has 1 fully saturated rings. The Labute approximate surface area is 106 Å². The van der Waals surface area contributed by atoms with Crippen molar-refractivity contribution in [1.29, 1.82) is 0 Å². The van der Waals surface area contributed by atoms with Gasteiger partial charge in [-0.05, 0) is 46.3 Å². The number of halogens is 1. The lowest BCUT2D eigenvalue weighted by atomic mass is 9.92. The van der Waals surface area contributed by atoms with Crippen LogP contribution in [0.15, 0.2) is 22.8 Å². The van der Waals surface area contributed by atoms with Gasteiger partial charge in [-0.3, -0.25) is 4.90 Å². The second-order valence-corrected chi connectivity index (χ2v) is 5.90. The number of piperidine rings is 1. The summed E-state index contributed by atoms with van der Waals surface area (Å²) in [5.41, 5.74) is 1.16. The van der Waals surface area contributed by atoms with E-state index in [0.717, 1.165) is 28.7 Å². The van der Waals surface area contributed by atoms with Crippen LogP contribution in [0.5, 0.6) is 0 Å². The second kappa shape index (κ2) is 5.28. The highest BCUT2D eigenvalue weighted by Crippen LogP contribution is 2.22. The summed E-state index contributed by atoms with van der Waals surface area (Å²) in [4.78, 5) is 7.01. The van der Waals surface area contributed by atoms with E-state index in [4.69, 9.17) is 0 Å². The summed E-state index contributed by atoms with van der Waals surface area (Å²) in [6.45, 7) is 8.08. The third kappa shape index (κ3) is 3.29. The first-order valence-corrected chi connectivity index (χ1v) is 6.76. The summed E-state index contributed by atoms with van der Waals surface area (Å²) in [5.74, 6) is 1.63. The molecule has 2 atom stereocenters. The van der Waals surface area contributed by atoms with Crippen molar-refractivity contribution in [2.24, 2.45) is 11.8 Å². The SMILES string of the molecule is CC1CC(C)CN(Cc2cccc(Br)n2)C1. The van der Waals surface area contributed by atoms with E-state index in [1.807, 2.05) is 6.07 Å². The smallest absolute Gasteiger partial charge is 0.106 e. The zero-order chi connectivity index (χ0) is 11.5. The van der Waals surface area contributed by atoms with Crippen LogP contribution < -0.4 is 0 Å². The highest BCUT2D eigenvalue weighted by molar-refractivity contribution is 9.10. The van der Waals surface area contributed by atoms with Crippen LogP contribution in [0, 0.1) is 11.8 Å². The van der Waals surface area contributed by atoms with E-state index in [1.54, 1.807) is 0 Å². The van der Waals surface area contributed by atoms with Gasteiger partial charge in [0.1, 0.15) is 4.60 Å². The molecule has 88 valence electrons. The first-order valence-electron chi connectivity index (χ1n) is 5.97. The van der Waals surface area contributed by atoms with E-state index in [0.29, 0.717) is 0 Å². The zero-order valence-electron chi connectivity index (χ0n) is 9.99. The molecule has 0 aromatic carbocycles. The number of rotatable bonds is 2. The quantitative estimate of drug-likeness (QED) is 0.774. The molecule has 1 aromatic heterocycles. The van der Waals surface area contributed by atoms with Crippen molar-refractivity contribution in [3.05, 3.63) is 28.5 Å². The largest absolute Gasteiger partial charge is 0.297 e. The van der Waals surface area contributed by atoms with E-state index < -0.39 is 0 Å². The summed E-state index contributed by atoms with van der Waals surface area (Å²) in [7, 11) is 0. The molecule has 0 radical (unpaired) electrons. The van der Waals surface area contributed by atoms with Crippen LogP contribution in [0.3, 0.4) is 0 Å². The molecule has 1 aromatic rings. The molecule has 0 aliphatic carbocycles. The van der Waals surface area contributed by atoms with Gasteiger partial charge in [-0.25, -0.2) is 4.98 Å². The minimum atomic E-state index is 0.816. The molecule has 1 aliphatic heterocycles. The molecule has 1 aliphatic rings. The lowest BCUT2D eigenvalue weighted by molar-refractivity contribution is 0.133. The maximum Gasteiger partial charge on any atom is 0.106 e. The lowest BCUT2D eigenvalue weighted by Crippen LogP contribution is -2.38. The fraction of sp³-hybridized carbons (Fsp3) is 0.615. The lowest BCUT2D eigenvalue weighted by Gasteiger charge is -2.34. The Morgan fingerprint density at radius 1 is 1.31 bits per heavy atom. The van der Waals surface area contributed by atoms with Gasteiger partial charge < -0.3 is 0 Å². The molecule has 2 heterocycles. The molecular formula is C13H19BrN2. The second-order valence-electron chi connectivity index (χ2n) is 5.09. The molecule has 3 heteroatoms. The number of aromatic nitrogens is 1. The fourth-order valence-corrected chi connectivity index (χ4v) is 3.07. The van der Waals surface area contributed by atoms with Crippen molar-refractivity contribution in [1.82, 2.24) is 9.88 Å². The van der Waals surface area contributed by atoms with E-state index in [1.165, 1.54) is 19.5 Å². The van der Waals surface area contributed by atoms with Gasteiger partial charge in [0.05, 0.1) is 5.69 Å². The van der Waals surface area contributed by atoms with Crippen LogP contribution in [0.4, 0.5) is 0 Å².